The average Bonchev–Trinajstić information content (AvgIpc) is 2.73. The molecule has 1 aliphatic rings. The molecule has 110 valence electrons. The lowest BCUT2D eigenvalue weighted by Crippen LogP contribution is -2.32. The average molecular weight is 296 g/mol. The summed E-state index contributed by atoms with van der Waals surface area (Å²) in [4.78, 5) is 26.7. The zero-order chi connectivity index (χ0) is 14.4. The van der Waals surface area contributed by atoms with Crippen molar-refractivity contribution in [3.8, 4) is 0 Å². The zero-order valence-electron chi connectivity index (χ0n) is 11.4. The number of aromatic carboxylic acids is 1. The number of carboxylic acid groups (broad SMARTS) is 1. The Kier molecular flexibility index (Phi) is 5.52. The van der Waals surface area contributed by atoms with E-state index in [0.717, 1.165) is 30.7 Å². The van der Waals surface area contributed by atoms with Crippen molar-refractivity contribution in [3.05, 3.63) is 16.1 Å². The molecule has 0 atom stereocenters. The molecule has 1 heterocycles. The molecule has 0 saturated heterocycles. The lowest BCUT2D eigenvalue weighted by atomic mass is 9.99. The van der Waals surface area contributed by atoms with Gasteiger partial charge in [-0.05, 0) is 12.8 Å². The van der Waals surface area contributed by atoms with Crippen LogP contribution in [0.5, 0.6) is 0 Å². The summed E-state index contributed by atoms with van der Waals surface area (Å²) in [5.74, 6) is -0.708. The van der Waals surface area contributed by atoms with E-state index in [1.165, 1.54) is 29.6 Å². The monoisotopic (exact) mass is 296 g/mol. The summed E-state index contributed by atoms with van der Waals surface area (Å²) in [6, 6.07) is 0. The second-order valence-electron chi connectivity index (χ2n) is 5.16. The Bertz CT molecular complexity index is 465. The van der Waals surface area contributed by atoms with Gasteiger partial charge in [-0.3, -0.25) is 4.79 Å². The van der Waals surface area contributed by atoms with Crippen molar-refractivity contribution < 1.29 is 14.7 Å². The van der Waals surface area contributed by atoms with Crippen molar-refractivity contribution >= 4 is 23.2 Å². The highest BCUT2D eigenvalue weighted by Gasteiger charge is 2.19. The number of carbonyl (C=O) groups excluding carboxylic acids is 1. The van der Waals surface area contributed by atoms with Gasteiger partial charge in [0.15, 0.2) is 5.69 Å². The van der Waals surface area contributed by atoms with Crippen molar-refractivity contribution in [2.45, 2.75) is 44.9 Å². The van der Waals surface area contributed by atoms with Gasteiger partial charge in [-0.1, -0.05) is 25.7 Å². The second-order valence-corrected chi connectivity index (χ2v) is 6.10. The maximum atomic E-state index is 12.0. The Morgan fingerprint density at radius 3 is 2.60 bits per heavy atom. The van der Waals surface area contributed by atoms with Gasteiger partial charge >= 0.3 is 5.97 Å². The highest BCUT2D eigenvalue weighted by atomic mass is 32.1. The number of thiazole rings is 1. The van der Waals surface area contributed by atoms with Crippen molar-refractivity contribution in [3.63, 3.8) is 0 Å². The fourth-order valence-electron chi connectivity index (χ4n) is 2.50. The highest BCUT2D eigenvalue weighted by Crippen LogP contribution is 2.22. The van der Waals surface area contributed by atoms with Crippen molar-refractivity contribution in [2.75, 3.05) is 6.54 Å². The van der Waals surface area contributed by atoms with Crippen LogP contribution in [-0.2, 0) is 11.2 Å². The summed E-state index contributed by atoms with van der Waals surface area (Å²) < 4.78 is 0. The zero-order valence-corrected chi connectivity index (χ0v) is 12.2. The summed E-state index contributed by atoms with van der Waals surface area (Å²) in [5, 5.41) is 14.0. The second kappa shape index (κ2) is 7.38. The standard InChI is InChI=1S/C14H20N2O3S/c17-13(10-5-3-1-2-4-6-10)15-8-7-12-16-11(9-20-12)14(18)19/h9-10H,1-8H2,(H,15,17)(H,18,19). The van der Waals surface area contributed by atoms with E-state index < -0.39 is 5.97 Å². The van der Waals surface area contributed by atoms with Gasteiger partial charge in [-0.15, -0.1) is 11.3 Å². The van der Waals surface area contributed by atoms with Gasteiger partial charge in [0, 0.05) is 24.3 Å². The Balaban J connectivity index is 1.74. The van der Waals surface area contributed by atoms with Crippen molar-refractivity contribution in [1.29, 1.82) is 0 Å². The van der Waals surface area contributed by atoms with Gasteiger partial charge in [0.25, 0.3) is 0 Å². The molecule has 0 spiro atoms. The number of carbonyl (C=O) groups is 2. The SMILES string of the molecule is O=C(O)c1csc(CCNC(=O)C2CCCCCC2)n1. The van der Waals surface area contributed by atoms with Crippen LogP contribution in [0.4, 0.5) is 0 Å². The molecule has 0 bridgehead atoms. The number of hydrogen-bond acceptors (Lipinski definition) is 4. The first-order valence-corrected chi connectivity index (χ1v) is 8.00. The maximum Gasteiger partial charge on any atom is 0.355 e. The first kappa shape index (κ1) is 15.0. The number of amides is 1. The predicted octanol–water partition coefficient (Wildman–Crippen LogP) is 2.47. The molecule has 2 rings (SSSR count). The third-order valence-corrected chi connectivity index (χ3v) is 4.54. The predicted molar refractivity (Wildman–Crippen MR) is 77.0 cm³/mol. The molecule has 1 aromatic heterocycles. The van der Waals surface area contributed by atoms with Crippen LogP contribution < -0.4 is 5.32 Å². The Morgan fingerprint density at radius 2 is 2.00 bits per heavy atom. The normalized spacial score (nSPS) is 16.6. The quantitative estimate of drug-likeness (QED) is 0.818. The van der Waals surface area contributed by atoms with Crippen LogP contribution in [0, 0.1) is 5.92 Å². The van der Waals surface area contributed by atoms with Crippen molar-refractivity contribution in [1.82, 2.24) is 10.3 Å². The Labute approximate surface area is 122 Å². The number of rotatable bonds is 5. The molecule has 0 aliphatic heterocycles. The van der Waals surface area contributed by atoms with Crippen LogP contribution in [0.15, 0.2) is 5.38 Å². The van der Waals surface area contributed by atoms with Gasteiger partial charge in [-0.25, -0.2) is 9.78 Å². The number of nitrogens with zero attached hydrogens (tertiary/aromatic N) is 1. The summed E-state index contributed by atoms with van der Waals surface area (Å²) in [5.41, 5.74) is 0.0834. The minimum absolute atomic E-state index is 0.0834. The van der Waals surface area contributed by atoms with E-state index in [2.05, 4.69) is 10.3 Å². The minimum atomic E-state index is -1.00. The largest absolute Gasteiger partial charge is 0.476 e. The molecule has 6 heteroatoms. The fraction of sp³-hybridized carbons (Fsp3) is 0.643. The van der Waals surface area contributed by atoms with E-state index in [1.54, 1.807) is 0 Å². The van der Waals surface area contributed by atoms with E-state index >= 15 is 0 Å². The molecule has 0 aromatic carbocycles. The maximum absolute atomic E-state index is 12.0. The van der Waals surface area contributed by atoms with Gasteiger partial charge in [0.2, 0.25) is 5.91 Å². The molecular formula is C14H20N2O3S. The number of aromatic nitrogens is 1. The molecule has 1 aliphatic carbocycles. The van der Waals surface area contributed by atoms with E-state index in [9.17, 15) is 9.59 Å². The summed E-state index contributed by atoms with van der Waals surface area (Å²) in [6.45, 7) is 0.530. The number of carboxylic acids is 1. The molecule has 20 heavy (non-hydrogen) atoms. The lowest BCUT2D eigenvalue weighted by Gasteiger charge is -2.13. The summed E-state index contributed by atoms with van der Waals surface area (Å²) in [6.07, 6.45) is 7.34. The summed E-state index contributed by atoms with van der Waals surface area (Å²) in [7, 11) is 0. The van der Waals surface area contributed by atoms with E-state index in [1.807, 2.05) is 0 Å². The molecule has 1 saturated carbocycles. The number of nitrogens with one attached hydrogen (secondary N) is 1. The van der Waals surface area contributed by atoms with Gasteiger partial charge in [-0.2, -0.15) is 0 Å². The van der Waals surface area contributed by atoms with Gasteiger partial charge < -0.3 is 10.4 Å². The number of hydrogen-bond donors (Lipinski definition) is 2. The van der Waals surface area contributed by atoms with Crippen LogP contribution >= 0.6 is 11.3 Å². The van der Waals surface area contributed by atoms with Crippen LogP contribution in [0.1, 0.15) is 54.0 Å². The molecule has 2 N–H and O–H groups in total. The van der Waals surface area contributed by atoms with Gasteiger partial charge in [0.1, 0.15) is 0 Å². The minimum Gasteiger partial charge on any atom is -0.476 e. The third kappa shape index (κ3) is 4.30. The summed E-state index contributed by atoms with van der Waals surface area (Å²) >= 11 is 1.33. The van der Waals surface area contributed by atoms with E-state index in [-0.39, 0.29) is 17.5 Å². The molecule has 0 unspecified atom stereocenters. The van der Waals surface area contributed by atoms with Crippen LogP contribution in [-0.4, -0.2) is 28.5 Å². The van der Waals surface area contributed by atoms with Gasteiger partial charge in [0.05, 0.1) is 5.01 Å². The third-order valence-electron chi connectivity index (χ3n) is 3.63. The molecule has 1 aromatic rings. The molecule has 5 nitrogen and oxygen atoms in total. The Morgan fingerprint density at radius 1 is 1.30 bits per heavy atom. The van der Waals surface area contributed by atoms with E-state index in [4.69, 9.17) is 5.11 Å². The smallest absolute Gasteiger partial charge is 0.355 e. The molecule has 0 radical (unpaired) electrons. The lowest BCUT2D eigenvalue weighted by molar-refractivity contribution is -0.125. The highest BCUT2D eigenvalue weighted by molar-refractivity contribution is 7.09. The van der Waals surface area contributed by atoms with Crippen LogP contribution in [0.3, 0.4) is 0 Å². The van der Waals surface area contributed by atoms with Crippen molar-refractivity contribution in [2.24, 2.45) is 5.92 Å². The van der Waals surface area contributed by atoms with E-state index in [0.29, 0.717) is 13.0 Å². The van der Waals surface area contributed by atoms with Crippen LogP contribution in [0.2, 0.25) is 0 Å². The fourth-order valence-corrected chi connectivity index (χ4v) is 3.27. The Hall–Kier alpha value is -1.43. The molecular weight excluding hydrogens is 276 g/mol. The first-order chi connectivity index (χ1) is 9.66. The molecule has 1 amide bonds. The van der Waals surface area contributed by atoms with Crippen LogP contribution in [0.25, 0.3) is 0 Å². The topological polar surface area (TPSA) is 79.3 Å². The molecule has 1 fully saturated rings. The first-order valence-electron chi connectivity index (χ1n) is 7.12.